The molecule has 5 N–H and O–H groups in total. The monoisotopic (exact) mass is 581 g/mol. The van der Waals surface area contributed by atoms with Gasteiger partial charge >= 0.3 is 0 Å². The van der Waals surface area contributed by atoms with Crippen LogP contribution in [0.2, 0.25) is 0 Å². The zero-order chi connectivity index (χ0) is 29.6. The van der Waals surface area contributed by atoms with E-state index in [2.05, 4.69) is 16.0 Å². The molecule has 2 saturated heterocycles. The normalized spacial score (nSPS) is 23.7. The van der Waals surface area contributed by atoms with Crippen molar-refractivity contribution < 1.29 is 19.2 Å². The van der Waals surface area contributed by atoms with Crippen LogP contribution in [0.3, 0.4) is 0 Å². The van der Waals surface area contributed by atoms with E-state index in [1.165, 1.54) is 0 Å². The fourth-order valence-corrected chi connectivity index (χ4v) is 5.83. The molecule has 9 nitrogen and oxygen atoms in total. The number of amides is 4. The number of hydrogen-bond donors (Lipinski definition) is 4. The van der Waals surface area contributed by atoms with Gasteiger partial charge in [0.2, 0.25) is 17.7 Å². The molecule has 0 saturated carbocycles. The summed E-state index contributed by atoms with van der Waals surface area (Å²) in [6, 6.07) is 17.2. The standard InChI is InChI=1S/C31H40ClN5O4/c1-3-25(38)34-19-22-15-16-23-17-18-24(37(23)29(40)27(22)36-30(41)31(32,33)4-2)28(39)35-26(20-11-7-5-8-12-20)21-13-9-6-10-14-21/h5-14,22-24,26-27H,3-4,15-19,33H2,1-2H3,(H,34,38)(H,35,39)(H,36,41)/t22-,23+,24+,27+,31+/m1/s1. The molecular weight excluding hydrogens is 542 g/mol. The summed E-state index contributed by atoms with van der Waals surface area (Å²) in [5.41, 5.74) is 7.86. The third-order valence-corrected chi connectivity index (χ3v) is 8.72. The van der Waals surface area contributed by atoms with Gasteiger partial charge < -0.3 is 26.6 Å². The van der Waals surface area contributed by atoms with Crippen molar-refractivity contribution in [3.05, 3.63) is 71.8 Å². The zero-order valence-electron chi connectivity index (χ0n) is 23.6. The van der Waals surface area contributed by atoms with Gasteiger partial charge in [0.05, 0.1) is 6.04 Å². The average Bonchev–Trinajstić information content (AvgIpc) is 3.38. The maximum atomic E-state index is 14.2. The summed E-state index contributed by atoms with van der Waals surface area (Å²) in [5, 5.41) is 8.85. The highest BCUT2D eigenvalue weighted by molar-refractivity contribution is 6.34. The van der Waals surface area contributed by atoms with Crippen molar-refractivity contribution in [2.24, 2.45) is 11.7 Å². The second-order valence-electron chi connectivity index (χ2n) is 10.9. The molecule has 2 aromatic rings. The minimum absolute atomic E-state index is 0.142. The molecule has 0 radical (unpaired) electrons. The van der Waals surface area contributed by atoms with Crippen LogP contribution in [-0.2, 0) is 19.2 Å². The van der Waals surface area contributed by atoms with Crippen LogP contribution in [0.25, 0.3) is 0 Å². The van der Waals surface area contributed by atoms with Gasteiger partial charge in [-0.2, -0.15) is 0 Å². The lowest BCUT2D eigenvalue weighted by Gasteiger charge is -2.34. The van der Waals surface area contributed by atoms with Crippen molar-refractivity contribution >= 4 is 35.2 Å². The summed E-state index contributed by atoms with van der Waals surface area (Å²) in [6.07, 6.45) is 2.89. The number of nitrogens with zero attached hydrogens (tertiary/aromatic N) is 1. The van der Waals surface area contributed by atoms with Gasteiger partial charge in [-0.1, -0.05) is 86.1 Å². The van der Waals surface area contributed by atoms with Crippen LogP contribution in [0.1, 0.15) is 69.5 Å². The number of rotatable bonds is 10. The second-order valence-corrected chi connectivity index (χ2v) is 11.6. The Morgan fingerprint density at radius 3 is 2.12 bits per heavy atom. The summed E-state index contributed by atoms with van der Waals surface area (Å²) in [4.78, 5) is 53.1. The fourth-order valence-electron chi connectivity index (χ4n) is 5.77. The Bertz CT molecular complexity index is 1190. The molecule has 2 aliphatic rings. The third kappa shape index (κ3) is 7.08. The SMILES string of the molecule is CCC(=O)NC[C@H]1CC[C@H]2CC[C@@H](C(=O)NC(c3ccccc3)c3ccccc3)N2C(=O)[C@H]1NC(=O)[C@](N)(Cl)CC. The number of fused-ring (bicyclic) bond motifs is 1. The van der Waals surface area contributed by atoms with Gasteiger partial charge in [0.1, 0.15) is 12.1 Å². The Hall–Kier alpha value is -3.43. The van der Waals surface area contributed by atoms with E-state index in [0.29, 0.717) is 32.1 Å². The van der Waals surface area contributed by atoms with Gasteiger partial charge in [0.15, 0.2) is 5.00 Å². The van der Waals surface area contributed by atoms with E-state index in [1.807, 2.05) is 60.7 Å². The van der Waals surface area contributed by atoms with E-state index in [1.54, 1.807) is 18.7 Å². The Morgan fingerprint density at radius 2 is 1.56 bits per heavy atom. The Morgan fingerprint density at radius 1 is 0.976 bits per heavy atom. The van der Waals surface area contributed by atoms with Crippen molar-refractivity contribution in [3.63, 3.8) is 0 Å². The summed E-state index contributed by atoms with van der Waals surface area (Å²) in [5.74, 6) is -1.77. The van der Waals surface area contributed by atoms with Gasteiger partial charge in [0, 0.05) is 24.9 Å². The number of carbonyl (C=O) groups is 4. The maximum absolute atomic E-state index is 14.2. The molecule has 2 fully saturated rings. The summed E-state index contributed by atoms with van der Waals surface area (Å²) >= 11 is 6.25. The molecule has 4 amide bonds. The van der Waals surface area contributed by atoms with Gasteiger partial charge in [-0.15, -0.1) is 0 Å². The first kappa shape index (κ1) is 30.5. The molecule has 2 heterocycles. The molecule has 4 rings (SSSR count). The van der Waals surface area contributed by atoms with Crippen molar-refractivity contribution in [1.82, 2.24) is 20.9 Å². The zero-order valence-corrected chi connectivity index (χ0v) is 24.4. The van der Waals surface area contributed by atoms with E-state index in [-0.39, 0.29) is 42.6 Å². The van der Waals surface area contributed by atoms with Crippen LogP contribution in [0.5, 0.6) is 0 Å². The summed E-state index contributed by atoms with van der Waals surface area (Å²) in [6.45, 7) is 3.66. The van der Waals surface area contributed by atoms with Crippen molar-refractivity contribution in [3.8, 4) is 0 Å². The van der Waals surface area contributed by atoms with Crippen molar-refractivity contribution in [2.75, 3.05) is 6.54 Å². The van der Waals surface area contributed by atoms with Crippen LogP contribution in [0.15, 0.2) is 60.7 Å². The number of benzene rings is 2. The highest BCUT2D eigenvalue weighted by atomic mass is 35.5. The molecule has 0 aromatic heterocycles. The predicted octanol–water partition coefficient (Wildman–Crippen LogP) is 2.98. The van der Waals surface area contributed by atoms with E-state index in [9.17, 15) is 19.2 Å². The minimum atomic E-state index is -1.68. The molecule has 2 aliphatic heterocycles. The van der Waals surface area contributed by atoms with Crippen LogP contribution < -0.4 is 21.7 Å². The molecule has 2 aromatic carbocycles. The number of alkyl halides is 1. The maximum Gasteiger partial charge on any atom is 0.256 e. The Balaban J connectivity index is 1.60. The van der Waals surface area contributed by atoms with Crippen LogP contribution in [0.4, 0.5) is 0 Å². The van der Waals surface area contributed by atoms with Gasteiger partial charge in [-0.05, 0) is 43.2 Å². The van der Waals surface area contributed by atoms with Crippen molar-refractivity contribution in [2.45, 2.75) is 81.5 Å². The third-order valence-electron chi connectivity index (χ3n) is 8.28. The fraction of sp³-hybridized carbons (Fsp3) is 0.484. The number of nitrogens with one attached hydrogen (secondary N) is 3. The van der Waals surface area contributed by atoms with Crippen LogP contribution in [-0.4, -0.2) is 58.2 Å². The molecule has 41 heavy (non-hydrogen) atoms. The predicted molar refractivity (Wildman–Crippen MR) is 158 cm³/mol. The lowest BCUT2D eigenvalue weighted by atomic mass is 9.92. The topological polar surface area (TPSA) is 134 Å². The molecule has 5 atom stereocenters. The first-order valence-corrected chi connectivity index (χ1v) is 14.8. The van der Waals surface area contributed by atoms with Gasteiger partial charge in [-0.3, -0.25) is 19.2 Å². The van der Waals surface area contributed by atoms with Gasteiger partial charge in [-0.25, -0.2) is 0 Å². The van der Waals surface area contributed by atoms with Gasteiger partial charge in [0.25, 0.3) is 5.91 Å². The first-order chi connectivity index (χ1) is 19.7. The highest BCUT2D eigenvalue weighted by Crippen LogP contribution is 2.35. The van der Waals surface area contributed by atoms with E-state index in [4.69, 9.17) is 17.3 Å². The summed E-state index contributed by atoms with van der Waals surface area (Å²) < 4.78 is 0. The highest BCUT2D eigenvalue weighted by Gasteiger charge is 2.48. The second kappa shape index (κ2) is 13.5. The lowest BCUT2D eigenvalue weighted by molar-refractivity contribution is -0.144. The van der Waals surface area contributed by atoms with Crippen LogP contribution in [0, 0.1) is 5.92 Å². The first-order valence-electron chi connectivity index (χ1n) is 14.4. The number of carbonyl (C=O) groups excluding carboxylic acids is 4. The molecule has 0 unspecified atom stereocenters. The number of halogens is 1. The molecule has 0 bridgehead atoms. The number of hydrogen-bond acceptors (Lipinski definition) is 5. The Labute approximate surface area is 246 Å². The Kier molecular flexibility index (Phi) is 10.0. The minimum Gasteiger partial charge on any atom is -0.356 e. The quantitative estimate of drug-likeness (QED) is 0.253. The molecule has 0 spiro atoms. The van der Waals surface area contributed by atoms with E-state index < -0.39 is 29.0 Å². The molecule has 10 heteroatoms. The van der Waals surface area contributed by atoms with Crippen molar-refractivity contribution in [1.29, 1.82) is 0 Å². The largest absolute Gasteiger partial charge is 0.356 e. The molecule has 0 aliphatic carbocycles. The molecule has 220 valence electrons. The molecular formula is C31H40ClN5O4. The van der Waals surface area contributed by atoms with Crippen LogP contribution >= 0.6 is 11.6 Å². The number of nitrogens with two attached hydrogens (primary N) is 1. The average molecular weight is 582 g/mol. The lowest BCUT2D eigenvalue weighted by Crippen LogP contribution is -2.61. The summed E-state index contributed by atoms with van der Waals surface area (Å²) in [7, 11) is 0. The van der Waals surface area contributed by atoms with E-state index >= 15 is 0 Å². The van der Waals surface area contributed by atoms with E-state index in [0.717, 1.165) is 11.1 Å². The smallest absolute Gasteiger partial charge is 0.256 e.